The van der Waals surface area contributed by atoms with E-state index in [0.29, 0.717) is 0 Å². The van der Waals surface area contributed by atoms with Gasteiger partial charge in [0, 0.05) is 24.1 Å². The first-order valence-electron chi connectivity index (χ1n) is 6.49. The minimum atomic E-state index is -0.255. The zero-order valence-electron chi connectivity index (χ0n) is 12.7. The topological polar surface area (TPSA) is 34.1 Å². The third-order valence-electron chi connectivity index (χ3n) is 3.25. The molecule has 0 saturated heterocycles. The molecule has 0 amide bonds. The minimum absolute atomic E-state index is 0.131. The molecule has 4 heteroatoms. The lowest BCUT2D eigenvalue weighted by molar-refractivity contribution is -0.00163. The quantitative estimate of drug-likeness (QED) is 0.887. The fourth-order valence-electron chi connectivity index (χ4n) is 1.55. The van der Waals surface area contributed by atoms with E-state index in [1.807, 2.05) is 0 Å². The number of methoxy groups -OCH3 is 1. The summed E-state index contributed by atoms with van der Waals surface area (Å²) in [5.41, 5.74) is 0.991. The average molecular weight is 270 g/mol. The number of hydrogen-bond acceptors (Lipinski definition) is 4. The molecule has 1 aromatic heterocycles. The maximum atomic E-state index is 5.61. The minimum Gasteiger partial charge on any atom is -0.371 e. The smallest absolute Gasteiger partial charge is 0.125 e. The van der Waals surface area contributed by atoms with Gasteiger partial charge in [-0.05, 0) is 41.0 Å². The van der Waals surface area contributed by atoms with Crippen molar-refractivity contribution in [1.82, 2.24) is 10.3 Å². The number of aryl methyl sites for hydroxylation is 1. The first kappa shape index (κ1) is 15.6. The van der Waals surface area contributed by atoms with Crippen LogP contribution in [0.1, 0.15) is 56.6 Å². The number of thiazole rings is 1. The van der Waals surface area contributed by atoms with Gasteiger partial charge in [0.15, 0.2) is 0 Å². The first-order chi connectivity index (χ1) is 8.22. The molecule has 104 valence electrons. The summed E-state index contributed by atoms with van der Waals surface area (Å²) in [6, 6.07) is 0. The summed E-state index contributed by atoms with van der Waals surface area (Å²) in [5, 5.41) is 4.59. The van der Waals surface area contributed by atoms with E-state index in [1.165, 1.54) is 4.88 Å². The van der Waals surface area contributed by atoms with Gasteiger partial charge in [-0.15, -0.1) is 11.3 Å². The Morgan fingerprint density at radius 1 is 1.28 bits per heavy atom. The van der Waals surface area contributed by atoms with E-state index in [9.17, 15) is 0 Å². The van der Waals surface area contributed by atoms with Crippen LogP contribution in [0.3, 0.4) is 0 Å². The van der Waals surface area contributed by atoms with Crippen LogP contribution in [-0.2, 0) is 16.9 Å². The van der Waals surface area contributed by atoms with Crippen LogP contribution in [0.4, 0.5) is 0 Å². The highest BCUT2D eigenvalue weighted by atomic mass is 32.1. The van der Waals surface area contributed by atoms with E-state index in [2.05, 4.69) is 51.8 Å². The third kappa shape index (κ3) is 3.77. The molecule has 1 rings (SSSR count). The fourth-order valence-corrected chi connectivity index (χ4v) is 2.74. The molecule has 18 heavy (non-hydrogen) atoms. The molecule has 0 saturated carbocycles. The van der Waals surface area contributed by atoms with Crippen LogP contribution < -0.4 is 5.32 Å². The van der Waals surface area contributed by atoms with Crippen molar-refractivity contribution in [2.75, 3.05) is 7.11 Å². The Labute approximate surface area is 115 Å². The summed E-state index contributed by atoms with van der Waals surface area (Å²) >= 11 is 1.76. The van der Waals surface area contributed by atoms with Gasteiger partial charge in [-0.2, -0.15) is 0 Å². The van der Waals surface area contributed by atoms with E-state index in [0.717, 1.165) is 23.7 Å². The van der Waals surface area contributed by atoms with Crippen LogP contribution in [0.25, 0.3) is 0 Å². The van der Waals surface area contributed by atoms with E-state index in [4.69, 9.17) is 4.74 Å². The van der Waals surface area contributed by atoms with Crippen molar-refractivity contribution < 1.29 is 4.74 Å². The van der Waals surface area contributed by atoms with Crippen molar-refractivity contribution in [3.63, 3.8) is 0 Å². The van der Waals surface area contributed by atoms with Crippen LogP contribution in [0, 0.1) is 6.92 Å². The van der Waals surface area contributed by atoms with Crippen molar-refractivity contribution in [1.29, 1.82) is 0 Å². The zero-order valence-corrected chi connectivity index (χ0v) is 13.5. The lowest BCUT2D eigenvalue weighted by Crippen LogP contribution is -2.34. The van der Waals surface area contributed by atoms with Gasteiger partial charge in [0.05, 0.1) is 5.69 Å². The second-order valence-electron chi connectivity index (χ2n) is 5.92. The van der Waals surface area contributed by atoms with Crippen molar-refractivity contribution >= 4 is 11.3 Å². The highest BCUT2D eigenvalue weighted by Gasteiger charge is 2.28. The predicted molar refractivity (Wildman–Crippen MR) is 78.1 cm³/mol. The lowest BCUT2D eigenvalue weighted by atomic mass is 10.1. The standard InChI is InChI=1S/C14H26N2OS/c1-8-14(6,17-7)12-16-10(2)11(18-12)9-15-13(3,4)5/h15H,8-9H2,1-7H3. The van der Waals surface area contributed by atoms with Gasteiger partial charge < -0.3 is 10.1 Å². The van der Waals surface area contributed by atoms with Gasteiger partial charge in [0.2, 0.25) is 0 Å². The van der Waals surface area contributed by atoms with E-state index in [-0.39, 0.29) is 11.1 Å². The van der Waals surface area contributed by atoms with Gasteiger partial charge >= 0.3 is 0 Å². The molecule has 0 aliphatic heterocycles. The molecular weight excluding hydrogens is 244 g/mol. The van der Waals surface area contributed by atoms with E-state index >= 15 is 0 Å². The van der Waals surface area contributed by atoms with Crippen LogP contribution in [0.5, 0.6) is 0 Å². The molecule has 1 unspecified atom stereocenters. The molecule has 0 bridgehead atoms. The van der Waals surface area contributed by atoms with Gasteiger partial charge in [0.1, 0.15) is 10.6 Å². The van der Waals surface area contributed by atoms with Crippen LogP contribution in [0.15, 0.2) is 0 Å². The number of ether oxygens (including phenoxy) is 1. The van der Waals surface area contributed by atoms with E-state index in [1.54, 1.807) is 18.4 Å². The highest BCUT2D eigenvalue weighted by molar-refractivity contribution is 7.11. The number of rotatable bonds is 5. The molecule has 0 radical (unpaired) electrons. The van der Waals surface area contributed by atoms with Gasteiger partial charge in [-0.3, -0.25) is 0 Å². The van der Waals surface area contributed by atoms with Crippen LogP contribution >= 0.6 is 11.3 Å². The van der Waals surface area contributed by atoms with Crippen molar-refractivity contribution in [3.8, 4) is 0 Å². The molecular formula is C14H26N2OS. The summed E-state index contributed by atoms with van der Waals surface area (Å²) in [4.78, 5) is 5.98. The maximum absolute atomic E-state index is 5.61. The Balaban J connectivity index is 2.88. The second kappa shape index (κ2) is 5.68. The molecule has 3 nitrogen and oxygen atoms in total. The normalized spacial score (nSPS) is 15.7. The predicted octanol–water partition coefficient (Wildman–Crippen LogP) is 3.61. The number of nitrogens with zero attached hydrogens (tertiary/aromatic N) is 1. The van der Waals surface area contributed by atoms with Crippen LogP contribution in [-0.4, -0.2) is 17.6 Å². The highest BCUT2D eigenvalue weighted by Crippen LogP contribution is 2.33. The number of nitrogens with one attached hydrogen (secondary N) is 1. The number of aromatic nitrogens is 1. The largest absolute Gasteiger partial charge is 0.371 e. The summed E-state index contributed by atoms with van der Waals surface area (Å²) in [7, 11) is 1.76. The summed E-state index contributed by atoms with van der Waals surface area (Å²) in [6.07, 6.45) is 0.933. The molecule has 0 aromatic carbocycles. The summed E-state index contributed by atoms with van der Waals surface area (Å²) in [6.45, 7) is 13.7. The molecule has 1 atom stereocenters. The maximum Gasteiger partial charge on any atom is 0.125 e. The van der Waals surface area contributed by atoms with Crippen molar-refractivity contribution in [2.45, 2.75) is 65.6 Å². The Hall–Kier alpha value is -0.450. The van der Waals surface area contributed by atoms with Gasteiger partial charge in [-0.1, -0.05) is 6.92 Å². The van der Waals surface area contributed by atoms with Gasteiger partial charge in [0.25, 0.3) is 0 Å². The Bertz CT molecular complexity index is 389. The molecule has 1 heterocycles. The van der Waals surface area contributed by atoms with E-state index < -0.39 is 0 Å². The van der Waals surface area contributed by atoms with Crippen molar-refractivity contribution in [3.05, 3.63) is 15.6 Å². The lowest BCUT2D eigenvalue weighted by Gasteiger charge is -2.23. The third-order valence-corrected chi connectivity index (χ3v) is 4.65. The molecule has 1 N–H and O–H groups in total. The Morgan fingerprint density at radius 3 is 2.33 bits per heavy atom. The first-order valence-corrected chi connectivity index (χ1v) is 7.30. The molecule has 0 aliphatic rings. The van der Waals surface area contributed by atoms with Crippen molar-refractivity contribution in [2.24, 2.45) is 0 Å². The van der Waals surface area contributed by atoms with Gasteiger partial charge in [-0.25, -0.2) is 4.98 Å². The SMILES string of the molecule is CCC(C)(OC)c1nc(C)c(CNC(C)(C)C)s1. The molecule has 0 aliphatic carbocycles. The summed E-state index contributed by atoms with van der Waals surface area (Å²) in [5.74, 6) is 0. The van der Waals surface area contributed by atoms with Crippen LogP contribution in [0.2, 0.25) is 0 Å². The monoisotopic (exact) mass is 270 g/mol. The number of hydrogen-bond donors (Lipinski definition) is 1. The fraction of sp³-hybridized carbons (Fsp3) is 0.786. The molecule has 0 spiro atoms. The Kier molecular flexibility index (Phi) is 4.92. The summed E-state index contributed by atoms with van der Waals surface area (Å²) < 4.78 is 5.61. The second-order valence-corrected chi connectivity index (χ2v) is 7.00. The zero-order chi connectivity index (χ0) is 14.0. The average Bonchev–Trinajstić information content (AvgIpc) is 2.66. The molecule has 1 aromatic rings. The Morgan fingerprint density at radius 2 is 1.89 bits per heavy atom. The molecule has 0 fully saturated rings.